The van der Waals surface area contributed by atoms with E-state index in [0.717, 1.165) is 10.2 Å². The molecule has 1 N–H and O–H groups in total. The largest absolute Gasteiger partial charge is 0.486 e. The summed E-state index contributed by atoms with van der Waals surface area (Å²) < 4.78 is 11.7. The third kappa shape index (κ3) is 3.00. The summed E-state index contributed by atoms with van der Waals surface area (Å²) in [5.41, 5.74) is 2.12. The lowest BCUT2D eigenvalue weighted by molar-refractivity contribution is 0.102. The Bertz CT molecular complexity index is 703. The number of benzene rings is 1. The monoisotopic (exact) mass is 348 g/mol. The summed E-state index contributed by atoms with van der Waals surface area (Å²) in [5.74, 6) is 1.05. The second-order valence-electron chi connectivity index (χ2n) is 4.64. The number of rotatable bonds is 2. The number of fused-ring (bicyclic) bond motifs is 1. The fraction of sp³-hybridized carbons (Fsp3) is 0.200. The number of hydrogen-bond acceptors (Lipinski definition) is 4. The van der Waals surface area contributed by atoms with Crippen LogP contribution in [0.3, 0.4) is 0 Å². The van der Waals surface area contributed by atoms with E-state index in [1.54, 1.807) is 24.4 Å². The summed E-state index contributed by atoms with van der Waals surface area (Å²) in [4.78, 5) is 16.4. The normalized spacial score (nSPS) is 12.9. The van der Waals surface area contributed by atoms with E-state index in [9.17, 15) is 4.79 Å². The van der Waals surface area contributed by atoms with Crippen molar-refractivity contribution in [3.63, 3.8) is 0 Å². The Balaban J connectivity index is 1.80. The Hall–Kier alpha value is -2.08. The highest BCUT2D eigenvalue weighted by Crippen LogP contribution is 2.31. The predicted molar refractivity (Wildman–Crippen MR) is 82.1 cm³/mol. The Morgan fingerprint density at radius 3 is 2.76 bits per heavy atom. The van der Waals surface area contributed by atoms with Gasteiger partial charge in [0.2, 0.25) is 0 Å². The quantitative estimate of drug-likeness (QED) is 0.846. The van der Waals surface area contributed by atoms with Crippen LogP contribution in [0.4, 0.5) is 5.69 Å². The lowest BCUT2D eigenvalue weighted by atomic mass is 10.1. The van der Waals surface area contributed by atoms with Crippen LogP contribution in [0.2, 0.25) is 0 Å². The number of carbonyl (C=O) groups is 1. The van der Waals surface area contributed by atoms with Crippen molar-refractivity contribution in [3.05, 3.63) is 46.2 Å². The molecule has 5 nitrogen and oxygen atoms in total. The number of carbonyl (C=O) groups excluding carboxylic acids is 1. The molecule has 0 spiro atoms. The van der Waals surface area contributed by atoms with Crippen LogP contribution in [-0.4, -0.2) is 24.1 Å². The van der Waals surface area contributed by atoms with Gasteiger partial charge in [-0.1, -0.05) is 0 Å². The minimum Gasteiger partial charge on any atom is -0.486 e. The number of nitrogens with zero attached hydrogens (tertiary/aromatic N) is 1. The number of aromatic nitrogens is 1. The number of nitrogens with one attached hydrogen (secondary N) is 1. The predicted octanol–water partition coefficient (Wildman–Crippen LogP) is 3.18. The van der Waals surface area contributed by atoms with E-state index in [1.807, 2.05) is 13.0 Å². The summed E-state index contributed by atoms with van der Waals surface area (Å²) >= 11 is 3.33. The van der Waals surface area contributed by atoms with Crippen LogP contribution in [-0.2, 0) is 0 Å². The van der Waals surface area contributed by atoms with Gasteiger partial charge in [-0.05, 0) is 52.7 Å². The number of pyridine rings is 1. The molecular formula is C15H13BrN2O3. The van der Waals surface area contributed by atoms with Gasteiger partial charge in [-0.3, -0.25) is 4.79 Å². The van der Waals surface area contributed by atoms with Crippen molar-refractivity contribution in [2.45, 2.75) is 6.92 Å². The van der Waals surface area contributed by atoms with Crippen LogP contribution >= 0.6 is 15.9 Å². The molecule has 0 bridgehead atoms. The first kappa shape index (κ1) is 13.9. The third-order valence-electron chi connectivity index (χ3n) is 3.08. The topological polar surface area (TPSA) is 60.5 Å². The van der Waals surface area contributed by atoms with E-state index in [0.29, 0.717) is 36.0 Å². The Morgan fingerprint density at radius 1 is 1.24 bits per heavy atom. The number of halogens is 1. The van der Waals surface area contributed by atoms with Crippen LogP contribution in [0, 0.1) is 6.92 Å². The van der Waals surface area contributed by atoms with Gasteiger partial charge in [0.25, 0.3) is 5.91 Å². The minimum atomic E-state index is -0.213. The number of amides is 1. The average molecular weight is 349 g/mol. The number of aryl methyl sites for hydroxylation is 1. The molecule has 21 heavy (non-hydrogen) atoms. The molecule has 1 aliphatic heterocycles. The van der Waals surface area contributed by atoms with Gasteiger partial charge in [0.05, 0.1) is 11.9 Å². The molecule has 1 aromatic heterocycles. The van der Waals surface area contributed by atoms with Crippen LogP contribution in [0.15, 0.2) is 35.1 Å². The fourth-order valence-electron chi connectivity index (χ4n) is 2.01. The van der Waals surface area contributed by atoms with Gasteiger partial charge in [0, 0.05) is 5.56 Å². The number of hydrogen-bond donors (Lipinski definition) is 1. The maximum absolute atomic E-state index is 12.2. The van der Waals surface area contributed by atoms with Crippen molar-refractivity contribution >= 4 is 27.5 Å². The average Bonchev–Trinajstić information content (AvgIpc) is 2.50. The molecule has 3 rings (SSSR count). The van der Waals surface area contributed by atoms with Gasteiger partial charge in [-0.15, -0.1) is 0 Å². The molecule has 1 amide bonds. The Kier molecular flexibility index (Phi) is 3.79. The van der Waals surface area contributed by atoms with E-state index >= 15 is 0 Å². The van der Waals surface area contributed by atoms with Crippen LogP contribution in [0.25, 0.3) is 0 Å². The second kappa shape index (κ2) is 5.73. The van der Waals surface area contributed by atoms with Crippen molar-refractivity contribution in [2.24, 2.45) is 0 Å². The molecule has 0 atom stereocenters. The van der Waals surface area contributed by atoms with Gasteiger partial charge in [-0.2, -0.15) is 0 Å². The van der Waals surface area contributed by atoms with Gasteiger partial charge in [-0.25, -0.2) is 4.98 Å². The van der Waals surface area contributed by atoms with E-state index in [4.69, 9.17) is 9.47 Å². The lowest BCUT2D eigenvalue weighted by Gasteiger charge is -2.18. The van der Waals surface area contributed by atoms with Crippen molar-refractivity contribution in [1.82, 2.24) is 4.98 Å². The van der Waals surface area contributed by atoms with Crippen LogP contribution in [0.1, 0.15) is 15.9 Å². The van der Waals surface area contributed by atoms with E-state index in [-0.39, 0.29) is 5.91 Å². The molecule has 0 unspecified atom stereocenters. The molecule has 108 valence electrons. The summed E-state index contributed by atoms with van der Waals surface area (Å²) in [6.07, 6.45) is 1.60. The Morgan fingerprint density at radius 2 is 2.00 bits per heavy atom. The molecule has 0 radical (unpaired) electrons. The van der Waals surface area contributed by atoms with Crippen molar-refractivity contribution in [2.75, 3.05) is 18.5 Å². The van der Waals surface area contributed by atoms with Crippen molar-refractivity contribution in [1.29, 1.82) is 0 Å². The second-order valence-corrected chi connectivity index (χ2v) is 5.40. The minimum absolute atomic E-state index is 0.213. The molecule has 1 aromatic carbocycles. The highest BCUT2D eigenvalue weighted by Gasteiger charge is 2.15. The molecular weight excluding hydrogens is 336 g/mol. The SMILES string of the molecule is Cc1cc(NC(=O)c2ccc3c(c2)OCCO3)cnc1Br. The summed E-state index contributed by atoms with van der Waals surface area (Å²) in [5, 5.41) is 2.81. The fourth-order valence-corrected chi connectivity index (χ4v) is 2.23. The Labute approximate surface area is 130 Å². The van der Waals surface area contributed by atoms with E-state index in [2.05, 4.69) is 26.2 Å². The third-order valence-corrected chi connectivity index (χ3v) is 3.91. The molecule has 1 aliphatic rings. The van der Waals surface area contributed by atoms with Gasteiger partial charge < -0.3 is 14.8 Å². The molecule has 2 heterocycles. The highest BCUT2D eigenvalue weighted by atomic mass is 79.9. The summed E-state index contributed by atoms with van der Waals surface area (Å²) in [6, 6.07) is 6.99. The highest BCUT2D eigenvalue weighted by molar-refractivity contribution is 9.10. The molecule has 0 fully saturated rings. The van der Waals surface area contributed by atoms with Gasteiger partial charge in [0.1, 0.15) is 17.8 Å². The molecule has 0 saturated carbocycles. The maximum Gasteiger partial charge on any atom is 0.255 e. The van der Waals surface area contributed by atoms with Gasteiger partial charge >= 0.3 is 0 Å². The number of ether oxygens (including phenoxy) is 2. The molecule has 0 saturated heterocycles. The number of anilines is 1. The lowest BCUT2D eigenvalue weighted by Crippen LogP contribution is -2.17. The first-order valence-electron chi connectivity index (χ1n) is 6.46. The standard InChI is InChI=1S/C15H13BrN2O3/c1-9-6-11(8-17-14(9)16)18-15(19)10-2-3-12-13(7-10)21-5-4-20-12/h2-3,6-8H,4-5H2,1H3,(H,18,19). The maximum atomic E-state index is 12.2. The summed E-state index contributed by atoms with van der Waals surface area (Å²) in [7, 11) is 0. The van der Waals surface area contributed by atoms with E-state index in [1.165, 1.54) is 0 Å². The van der Waals surface area contributed by atoms with Crippen molar-refractivity contribution < 1.29 is 14.3 Å². The van der Waals surface area contributed by atoms with Gasteiger partial charge in [0.15, 0.2) is 11.5 Å². The first-order valence-corrected chi connectivity index (χ1v) is 7.26. The van der Waals surface area contributed by atoms with Crippen LogP contribution < -0.4 is 14.8 Å². The zero-order valence-corrected chi connectivity index (χ0v) is 12.9. The van der Waals surface area contributed by atoms with Crippen LogP contribution in [0.5, 0.6) is 11.5 Å². The zero-order valence-electron chi connectivity index (χ0n) is 11.4. The van der Waals surface area contributed by atoms with Crippen molar-refractivity contribution in [3.8, 4) is 11.5 Å². The van der Waals surface area contributed by atoms with E-state index < -0.39 is 0 Å². The first-order chi connectivity index (χ1) is 10.1. The molecule has 0 aliphatic carbocycles. The zero-order chi connectivity index (χ0) is 14.8. The molecule has 6 heteroatoms. The molecule has 2 aromatic rings. The summed E-state index contributed by atoms with van der Waals surface area (Å²) in [6.45, 7) is 2.94. The smallest absolute Gasteiger partial charge is 0.255 e.